The van der Waals surface area contributed by atoms with Crippen LogP contribution in [-0.2, 0) is 16.6 Å². The highest BCUT2D eigenvalue weighted by atomic mass is 16.5. The molecule has 2 N–H and O–H groups in total. The molecule has 2 aromatic heterocycles. The van der Waals surface area contributed by atoms with Crippen molar-refractivity contribution >= 4 is 17.6 Å². The fourth-order valence-electron chi connectivity index (χ4n) is 3.22. The maximum absolute atomic E-state index is 12.3. The number of amides is 1. The van der Waals surface area contributed by atoms with E-state index < -0.39 is 0 Å². The van der Waals surface area contributed by atoms with Crippen LogP contribution in [-0.4, -0.2) is 35.0 Å². The number of aliphatic imine (C=N–C) groups is 1. The average molecular weight is 434 g/mol. The van der Waals surface area contributed by atoms with Gasteiger partial charge in [-0.3, -0.25) is 20.1 Å². The number of benzene rings is 1. The lowest BCUT2D eigenvalue weighted by Gasteiger charge is -2.12. The number of aryl methyl sites for hydroxylation is 1. The summed E-state index contributed by atoms with van der Waals surface area (Å²) in [6, 6.07) is 13.1. The van der Waals surface area contributed by atoms with Crippen LogP contribution in [0.15, 0.2) is 58.2 Å². The minimum absolute atomic E-state index is 0.128. The minimum atomic E-state index is -0.135. The SMILES string of the molecule is CC(C)(C)c1cc(NC(=O)CCc2cccc(Oc3ccnc(C4=NCCN4)c3)c2)on1. The molecule has 8 heteroatoms. The number of ether oxygens (including phenoxy) is 1. The molecule has 0 unspecified atom stereocenters. The van der Waals surface area contributed by atoms with Crippen molar-refractivity contribution in [1.29, 1.82) is 0 Å². The lowest BCUT2D eigenvalue weighted by atomic mass is 9.92. The van der Waals surface area contributed by atoms with Gasteiger partial charge in [-0.2, -0.15) is 0 Å². The van der Waals surface area contributed by atoms with E-state index in [2.05, 4.69) is 25.8 Å². The standard InChI is InChI=1S/C24H27N5O3/c1-24(2,3)20-15-22(32-29-20)28-21(30)8-7-16-5-4-6-17(13-16)31-18-9-10-25-19(14-18)23-26-11-12-27-23/h4-6,9-10,13-15H,7-8,11-12H2,1-3H3,(H,26,27)(H,28,30). The van der Waals surface area contributed by atoms with Crippen LogP contribution in [0.1, 0.15) is 44.1 Å². The molecule has 0 spiro atoms. The van der Waals surface area contributed by atoms with E-state index >= 15 is 0 Å². The first kappa shape index (κ1) is 21.5. The molecule has 1 aliphatic heterocycles. The van der Waals surface area contributed by atoms with Crippen molar-refractivity contribution in [3.05, 3.63) is 65.6 Å². The van der Waals surface area contributed by atoms with Crippen LogP contribution in [0, 0.1) is 0 Å². The molecule has 4 rings (SSSR count). The van der Waals surface area contributed by atoms with E-state index in [0.717, 1.165) is 35.9 Å². The van der Waals surface area contributed by atoms with Crippen LogP contribution in [0.4, 0.5) is 5.88 Å². The summed E-state index contributed by atoms with van der Waals surface area (Å²) in [5.74, 6) is 2.41. The topological polar surface area (TPSA) is 102 Å². The van der Waals surface area contributed by atoms with Crippen LogP contribution >= 0.6 is 0 Å². The van der Waals surface area contributed by atoms with Crippen molar-refractivity contribution in [1.82, 2.24) is 15.5 Å². The maximum Gasteiger partial charge on any atom is 0.231 e. The van der Waals surface area contributed by atoms with Gasteiger partial charge in [0.05, 0.1) is 12.2 Å². The van der Waals surface area contributed by atoms with Crippen LogP contribution < -0.4 is 15.4 Å². The van der Waals surface area contributed by atoms with Gasteiger partial charge in [-0.25, -0.2) is 0 Å². The highest BCUT2D eigenvalue weighted by molar-refractivity contribution is 5.98. The second-order valence-corrected chi connectivity index (χ2v) is 8.66. The number of hydrogen-bond acceptors (Lipinski definition) is 7. The van der Waals surface area contributed by atoms with Crippen LogP contribution in [0.25, 0.3) is 0 Å². The van der Waals surface area contributed by atoms with E-state index in [9.17, 15) is 4.79 Å². The monoisotopic (exact) mass is 433 g/mol. The molecule has 166 valence electrons. The largest absolute Gasteiger partial charge is 0.457 e. The van der Waals surface area contributed by atoms with Crippen molar-refractivity contribution in [2.75, 3.05) is 18.4 Å². The third-order valence-corrected chi connectivity index (χ3v) is 4.96. The number of carbonyl (C=O) groups excluding carboxylic acids is 1. The van der Waals surface area contributed by atoms with Crippen molar-refractivity contribution in [3.63, 3.8) is 0 Å². The molecule has 0 aliphatic carbocycles. The Bertz CT molecular complexity index is 1130. The Kier molecular flexibility index (Phi) is 6.20. The molecule has 0 saturated heterocycles. The third-order valence-electron chi connectivity index (χ3n) is 4.96. The first-order valence-corrected chi connectivity index (χ1v) is 10.7. The molecule has 1 aliphatic rings. The number of nitrogens with one attached hydrogen (secondary N) is 2. The molecule has 3 aromatic rings. The number of carbonyl (C=O) groups is 1. The van der Waals surface area contributed by atoms with E-state index in [4.69, 9.17) is 9.26 Å². The Hall–Kier alpha value is -3.68. The molecule has 8 nitrogen and oxygen atoms in total. The predicted molar refractivity (Wildman–Crippen MR) is 122 cm³/mol. The number of aromatic nitrogens is 2. The lowest BCUT2D eigenvalue weighted by molar-refractivity contribution is -0.116. The molecule has 0 bridgehead atoms. The molecule has 3 heterocycles. The van der Waals surface area contributed by atoms with Gasteiger partial charge in [-0.05, 0) is 30.2 Å². The zero-order chi connectivity index (χ0) is 22.6. The smallest absolute Gasteiger partial charge is 0.231 e. The number of rotatable bonds is 7. The molecule has 1 amide bonds. The Balaban J connectivity index is 1.34. The van der Waals surface area contributed by atoms with Crippen molar-refractivity contribution in [2.45, 2.75) is 39.0 Å². The van der Waals surface area contributed by atoms with Crippen molar-refractivity contribution in [2.24, 2.45) is 4.99 Å². The van der Waals surface area contributed by atoms with E-state index in [-0.39, 0.29) is 11.3 Å². The van der Waals surface area contributed by atoms with Gasteiger partial charge in [-0.1, -0.05) is 38.1 Å². The minimum Gasteiger partial charge on any atom is -0.457 e. The van der Waals surface area contributed by atoms with Gasteiger partial charge in [0.25, 0.3) is 0 Å². The van der Waals surface area contributed by atoms with E-state index in [0.29, 0.717) is 30.2 Å². The number of nitrogens with zero attached hydrogens (tertiary/aromatic N) is 3. The summed E-state index contributed by atoms with van der Waals surface area (Å²) in [6.45, 7) is 7.70. The first-order valence-electron chi connectivity index (χ1n) is 10.7. The Morgan fingerprint density at radius 3 is 2.78 bits per heavy atom. The molecule has 0 fully saturated rings. The summed E-state index contributed by atoms with van der Waals surface area (Å²) < 4.78 is 11.2. The molecular formula is C24H27N5O3. The summed E-state index contributed by atoms with van der Waals surface area (Å²) in [6.07, 6.45) is 2.60. The van der Waals surface area contributed by atoms with Crippen LogP contribution in [0.3, 0.4) is 0 Å². The fraction of sp³-hybridized carbons (Fsp3) is 0.333. The Labute approximate surface area is 187 Å². The average Bonchev–Trinajstić information content (AvgIpc) is 3.45. The van der Waals surface area contributed by atoms with Gasteiger partial charge in [0.15, 0.2) is 0 Å². The summed E-state index contributed by atoms with van der Waals surface area (Å²) in [5, 5.41) is 10.00. The molecular weight excluding hydrogens is 406 g/mol. The molecule has 0 atom stereocenters. The van der Waals surface area contributed by atoms with Gasteiger partial charge < -0.3 is 14.6 Å². The van der Waals surface area contributed by atoms with Crippen LogP contribution in [0.5, 0.6) is 11.5 Å². The Morgan fingerprint density at radius 2 is 2.03 bits per heavy atom. The van der Waals surface area contributed by atoms with Crippen LogP contribution in [0.2, 0.25) is 0 Å². The van der Waals surface area contributed by atoms with E-state index in [1.165, 1.54) is 0 Å². The summed E-state index contributed by atoms with van der Waals surface area (Å²) >= 11 is 0. The predicted octanol–water partition coefficient (Wildman–Crippen LogP) is 4.08. The van der Waals surface area contributed by atoms with Crippen molar-refractivity contribution in [3.8, 4) is 11.5 Å². The summed E-state index contributed by atoms with van der Waals surface area (Å²) in [7, 11) is 0. The maximum atomic E-state index is 12.3. The number of amidine groups is 1. The van der Waals surface area contributed by atoms with Gasteiger partial charge in [0, 0.05) is 36.7 Å². The number of hydrogen-bond donors (Lipinski definition) is 2. The summed E-state index contributed by atoms with van der Waals surface area (Å²) in [5.41, 5.74) is 2.42. The Morgan fingerprint density at radius 1 is 1.19 bits per heavy atom. The van der Waals surface area contributed by atoms with E-state index in [1.807, 2.05) is 57.2 Å². The second-order valence-electron chi connectivity index (χ2n) is 8.66. The zero-order valence-electron chi connectivity index (χ0n) is 18.5. The van der Waals surface area contributed by atoms with Gasteiger partial charge in [0.2, 0.25) is 11.8 Å². The highest BCUT2D eigenvalue weighted by Crippen LogP contribution is 2.25. The first-order chi connectivity index (χ1) is 15.4. The lowest BCUT2D eigenvalue weighted by Crippen LogP contribution is -2.20. The third kappa shape index (κ3) is 5.51. The summed E-state index contributed by atoms with van der Waals surface area (Å²) in [4.78, 5) is 21.1. The van der Waals surface area contributed by atoms with Gasteiger partial charge in [-0.15, -0.1) is 0 Å². The molecule has 0 radical (unpaired) electrons. The molecule has 1 aromatic carbocycles. The van der Waals surface area contributed by atoms with Crippen molar-refractivity contribution < 1.29 is 14.1 Å². The molecule has 32 heavy (non-hydrogen) atoms. The van der Waals surface area contributed by atoms with Gasteiger partial charge >= 0.3 is 0 Å². The quantitative estimate of drug-likeness (QED) is 0.582. The molecule has 0 saturated carbocycles. The number of pyridine rings is 1. The highest BCUT2D eigenvalue weighted by Gasteiger charge is 2.19. The zero-order valence-corrected chi connectivity index (χ0v) is 18.5. The van der Waals surface area contributed by atoms with Gasteiger partial charge in [0.1, 0.15) is 23.0 Å². The fourth-order valence-corrected chi connectivity index (χ4v) is 3.22. The second kappa shape index (κ2) is 9.21. The van der Waals surface area contributed by atoms with E-state index in [1.54, 1.807) is 12.3 Å². The normalized spacial score (nSPS) is 13.4. The number of anilines is 1.